The van der Waals surface area contributed by atoms with Gasteiger partial charge in [0.1, 0.15) is 0 Å². The average molecular weight is 223 g/mol. The van der Waals surface area contributed by atoms with Crippen molar-refractivity contribution in [2.75, 3.05) is 26.5 Å². The van der Waals surface area contributed by atoms with Crippen molar-refractivity contribution in [3.8, 4) is 11.5 Å². The Kier molecular flexibility index (Phi) is 3.16. The molecule has 1 heterocycles. The van der Waals surface area contributed by atoms with Crippen LogP contribution in [-0.4, -0.2) is 31.6 Å². The first kappa shape index (κ1) is 10.4. The van der Waals surface area contributed by atoms with Crippen LogP contribution in [-0.2, 0) is 0 Å². The lowest BCUT2D eigenvalue weighted by Gasteiger charge is -2.08. The number of nitrogens with zero attached hydrogens (tertiary/aromatic N) is 1. The zero-order valence-electron chi connectivity index (χ0n) is 8.82. The Morgan fingerprint density at radius 3 is 2.60 bits per heavy atom. The summed E-state index contributed by atoms with van der Waals surface area (Å²) in [5, 5.41) is 1.09. The second-order valence-corrected chi connectivity index (χ2v) is 4.19. The monoisotopic (exact) mass is 223 g/mol. The van der Waals surface area contributed by atoms with E-state index in [1.54, 1.807) is 26.0 Å². The molecule has 0 N–H and O–H groups in total. The Bertz CT molecular complexity index is 390. The van der Waals surface area contributed by atoms with E-state index in [1.165, 1.54) is 0 Å². The topological polar surface area (TPSA) is 30.8 Å². The fraction of sp³-hybridized carbons (Fsp3) is 0.364. The number of benzene rings is 1. The predicted octanol–water partition coefficient (Wildman–Crippen LogP) is 2.20. The number of thioether (sulfide) groups is 1. The van der Waals surface area contributed by atoms with E-state index in [0.29, 0.717) is 0 Å². The number of hydrogen-bond donors (Lipinski definition) is 0. The number of aliphatic imine (C=N–C) groups is 1. The van der Waals surface area contributed by atoms with Gasteiger partial charge >= 0.3 is 0 Å². The summed E-state index contributed by atoms with van der Waals surface area (Å²) >= 11 is 1.78. The molecule has 0 saturated heterocycles. The highest BCUT2D eigenvalue weighted by Gasteiger charge is 2.12. The first-order valence-corrected chi connectivity index (χ1v) is 5.73. The fourth-order valence-electron chi connectivity index (χ4n) is 1.48. The molecule has 2 rings (SSSR count). The molecular formula is C11H13NO2S. The SMILES string of the molecule is COc1ccc(C2=NCCS2)cc1OC. The van der Waals surface area contributed by atoms with Gasteiger partial charge in [0.15, 0.2) is 11.5 Å². The minimum atomic E-state index is 0.754. The van der Waals surface area contributed by atoms with Crippen LogP contribution in [0.2, 0.25) is 0 Å². The Labute approximate surface area is 93.5 Å². The molecule has 0 radical (unpaired) electrons. The second kappa shape index (κ2) is 4.57. The maximum Gasteiger partial charge on any atom is 0.161 e. The summed E-state index contributed by atoms with van der Waals surface area (Å²) in [7, 11) is 3.28. The Hall–Kier alpha value is -1.16. The molecule has 1 aliphatic heterocycles. The Morgan fingerprint density at radius 2 is 2.00 bits per heavy atom. The molecule has 0 saturated carbocycles. The highest BCUT2D eigenvalue weighted by Crippen LogP contribution is 2.30. The van der Waals surface area contributed by atoms with Crippen LogP contribution >= 0.6 is 11.8 Å². The van der Waals surface area contributed by atoms with E-state index in [4.69, 9.17) is 9.47 Å². The molecule has 15 heavy (non-hydrogen) atoms. The fourth-order valence-corrected chi connectivity index (χ4v) is 2.33. The molecule has 3 nitrogen and oxygen atoms in total. The highest BCUT2D eigenvalue weighted by molar-refractivity contribution is 8.14. The maximum atomic E-state index is 5.25. The van der Waals surface area contributed by atoms with E-state index < -0.39 is 0 Å². The average Bonchev–Trinajstić information content (AvgIpc) is 2.81. The van der Waals surface area contributed by atoms with Crippen molar-refractivity contribution in [1.29, 1.82) is 0 Å². The molecule has 80 valence electrons. The van der Waals surface area contributed by atoms with Crippen LogP contribution in [0.5, 0.6) is 11.5 Å². The van der Waals surface area contributed by atoms with Crippen LogP contribution in [0.4, 0.5) is 0 Å². The van der Waals surface area contributed by atoms with Gasteiger partial charge in [-0.2, -0.15) is 0 Å². The lowest BCUT2D eigenvalue weighted by molar-refractivity contribution is 0.355. The summed E-state index contributed by atoms with van der Waals surface area (Å²) in [5.41, 5.74) is 1.11. The molecule has 0 unspecified atom stereocenters. The quantitative estimate of drug-likeness (QED) is 0.787. The van der Waals surface area contributed by atoms with Crippen molar-refractivity contribution in [2.24, 2.45) is 4.99 Å². The van der Waals surface area contributed by atoms with E-state index in [2.05, 4.69) is 4.99 Å². The van der Waals surface area contributed by atoms with Crippen molar-refractivity contribution < 1.29 is 9.47 Å². The highest BCUT2D eigenvalue weighted by atomic mass is 32.2. The third kappa shape index (κ3) is 2.09. The molecular weight excluding hydrogens is 210 g/mol. The summed E-state index contributed by atoms with van der Waals surface area (Å²) in [5.74, 6) is 2.58. The van der Waals surface area contributed by atoms with Gasteiger partial charge in [-0.15, -0.1) is 11.8 Å². The number of ether oxygens (including phenoxy) is 2. The predicted molar refractivity (Wildman–Crippen MR) is 63.4 cm³/mol. The standard InChI is InChI=1S/C11H13NO2S/c1-13-9-4-3-8(7-10(9)14-2)11-12-5-6-15-11/h3-4,7H,5-6H2,1-2H3. The van der Waals surface area contributed by atoms with Crippen LogP contribution < -0.4 is 9.47 Å². The van der Waals surface area contributed by atoms with Crippen molar-refractivity contribution in [3.05, 3.63) is 23.8 Å². The van der Waals surface area contributed by atoms with Crippen molar-refractivity contribution in [1.82, 2.24) is 0 Å². The Balaban J connectivity index is 2.34. The molecule has 1 aliphatic rings. The molecule has 0 aliphatic carbocycles. The molecule has 0 bridgehead atoms. The summed E-state index contributed by atoms with van der Waals surface area (Å²) in [4.78, 5) is 4.42. The van der Waals surface area contributed by atoms with E-state index in [9.17, 15) is 0 Å². The zero-order chi connectivity index (χ0) is 10.7. The van der Waals surface area contributed by atoms with Gasteiger partial charge in [-0.3, -0.25) is 4.99 Å². The first-order chi connectivity index (χ1) is 7.35. The largest absolute Gasteiger partial charge is 0.493 e. The third-order valence-electron chi connectivity index (χ3n) is 2.22. The minimum absolute atomic E-state index is 0.754. The third-order valence-corrected chi connectivity index (χ3v) is 3.24. The molecule has 1 aromatic rings. The first-order valence-electron chi connectivity index (χ1n) is 4.75. The summed E-state index contributed by atoms with van der Waals surface area (Å²) < 4.78 is 10.4. The van der Waals surface area contributed by atoms with E-state index in [-0.39, 0.29) is 0 Å². The molecule has 0 aromatic heterocycles. The normalized spacial score (nSPS) is 14.9. The number of methoxy groups -OCH3 is 2. The summed E-state index contributed by atoms with van der Waals surface area (Å²) in [6.45, 7) is 0.911. The molecule has 0 atom stereocenters. The van der Waals surface area contributed by atoms with Crippen LogP contribution in [0.15, 0.2) is 23.2 Å². The van der Waals surface area contributed by atoms with Crippen LogP contribution in [0.25, 0.3) is 0 Å². The molecule has 0 spiro atoms. The van der Waals surface area contributed by atoms with Gasteiger partial charge in [-0.25, -0.2) is 0 Å². The van der Waals surface area contributed by atoms with E-state index >= 15 is 0 Å². The van der Waals surface area contributed by atoms with E-state index in [0.717, 1.165) is 34.4 Å². The molecule has 0 fully saturated rings. The van der Waals surface area contributed by atoms with Gasteiger partial charge in [-0.1, -0.05) is 0 Å². The minimum Gasteiger partial charge on any atom is -0.493 e. The van der Waals surface area contributed by atoms with Gasteiger partial charge in [0.25, 0.3) is 0 Å². The lowest BCUT2D eigenvalue weighted by atomic mass is 10.2. The van der Waals surface area contributed by atoms with Gasteiger partial charge in [-0.05, 0) is 18.2 Å². The van der Waals surface area contributed by atoms with Crippen molar-refractivity contribution in [3.63, 3.8) is 0 Å². The maximum absolute atomic E-state index is 5.25. The van der Waals surface area contributed by atoms with Gasteiger partial charge in [0.2, 0.25) is 0 Å². The number of rotatable bonds is 3. The van der Waals surface area contributed by atoms with E-state index in [1.807, 2.05) is 18.2 Å². The van der Waals surface area contributed by atoms with Crippen LogP contribution in [0.3, 0.4) is 0 Å². The van der Waals surface area contributed by atoms with Crippen molar-refractivity contribution in [2.45, 2.75) is 0 Å². The van der Waals surface area contributed by atoms with Gasteiger partial charge in [0.05, 0.1) is 19.3 Å². The van der Waals surface area contributed by atoms with Gasteiger partial charge < -0.3 is 9.47 Å². The van der Waals surface area contributed by atoms with Crippen molar-refractivity contribution >= 4 is 16.8 Å². The van der Waals surface area contributed by atoms with Gasteiger partial charge in [0, 0.05) is 17.9 Å². The summed E-state index contributed by atoms with van der Waals surface area (Å²) in [6, 6.07) is 5.89. The molecule has 1 aromatic carbocycles. The summed E-state index contributed by atoms with van der Waals surface area (Å²) in [6.07, 6.45) is 0. The molecule has 4 heteroatoms. The van der Waals surface area contributed by atoms with Crippen LogP contribution in [0, 0.1) is 0 Å². The zero-order valence-corrected chi connectivity index (χ0v) is 9.63. The molecule has 0 amide bonds. The lowest BCUT2D eigenvalue weighted by Crippen LogP contribution is -1.95. The number of hydrogen-bond acceptors (Lipinski definition) is 4. The smallest absolute Gasteiger partial charge is 0.161 e. The van der Waals surface area contributed by atoms with Crippen LogP contribution in [0.1, 0.15) is 5.56 Å². The second-order valence-electron chi connectivity index (χ2n) is 3.11. The Morgan fingerprint density at radius 1 is 1.20 bits per heavy atom.